The van der Waals surface area contributed by atoms with Crippen molar-refractivity contribution < 1.29 is 4.79 Å². The van der Waals surface area contributed by atoms with Crippen molar-refractivity contribution in [3.8, 4) is 0 Å². The smallest absolute Gasteiger partial charge is 0.262 e. The van der Waals surface area contributed by atoms with Gasteiger partial charge in [-0.2, -0.15) is 0 Å². The normalized spacial score (nSPS) is 13.3. The summed E-state index contributed by atoms with van der Waals surface area (Å²) in [5.74, 6) is -0.121. The first-order valence-electron chi connectivity index (χ1n) is 9.05. The van der Waals surface area contributed by atoms with Crippen LogP contribution in [-0.4, -0.2) is 20.7 Å². The van der Waals surface area contributed by atoms with Gasteiger partial charge in [-0.25, -0.2) is 4.98 Å². The highest BCUT2D eigenvalue weighted by molar-refractivity contribution is 8.00. The zero-order chi connectivity index (χ0) is 19.4. The second-order valence-electron chi connectivity index (χ2n) is 6.46. The predicted octanol–water partition coefficient (Wildman–Crippen LogP) is 4.49. The molecule has 1 N–H and O–H groups in total. The van der Waals surface area contributed by atoms with E-state index in [0.717, 1.165) is 12.1 Å². The number of hydrogen-bond acceptors (Lipinski definition) is 4. The lowest BCUT2D eigenvalue weighted by Gasteiger charge is -2.20. The van der Waals surface area contributed by atoms with Crippen LogP contribution in [0.4, 0.5) is 5.69 Å². The Hall–Kier alpha value is -2.60. The molecule has 27 heavy (non-hydrogen) atoms. The molecule has 0 aliphatic heterocycles. The predicted molar refractivity (Wildman–Crippen MR) is 111 cm³/mol. The fraction of sp³-hybridized carbons (Fsp3) is 0.286. The SMILES string of the molecule is CC[C@H](C)n1c(S[C@H](C)C(=O)Nc2ccccc2)nc2ccccc2c1=O. The van der Waals surface area contributed by atoms with Crippen molar-refractivity contribution in [2.24, 2.45) is 0 Å². The quantitative estimate of drug-likeness (QED) is 0.505. The van der Waals surface area contributed by atoms with Crippen molar-refractivity contribution in [3.63, 3.8) is 0 Å². The molecule has 3 aromatic rings. The molecule has 2 atom stereocenters. The van der Waals surface area contributed by atoms with Gasteiger partial charge in [0.15, 0.2) is 5.16 Å². The van der Waals surface area contributed by atoms with Crippen molar-refractivity contribution in [1.82, 2.24) is 9.55 Å². The van der Waals surface area contributed by atoms with Gasteiger partial charge in [-0.05, 0) is 44.5 Å². The van der Waals surface area contributed by atoms with Crippen LogP contribution in [0.25, 0.3) is 10.9 Å². The Morgan fingerprint density at radius 3 is 2.48 bits per heavy atom. The minimum absolute atomic E-state index is 0.00138. The summed E-state index contributed by atoms with van der Waals surface area (Å²) in [7, 11) is 0. The Morgan fingerprint density at radius 2 is 1.78 bits per heavy atom. The fourth-order valence-electron chi connectivity index (χ4n) is 2.76. The third-order valence-electron chi connectivity index (χ3n) is 4.50. The van der Waals surface area contributed by atoms with Gasteiger partial charge in [-0.15, -0.1) is 0 Å². The number of benzene rings is 2. The molecule has 0 saturated carbocycles. The van der Waals surface area contributed by atoms with Crippen LogP contribution in [0.5, 0.6) is 0 Å². The number of fused-ring (bicyclic) bond motifs is 1. The lowest BCUT2D eigenvalue weighted by molar-refractivity contribution is -0.115. The maximum absolute atomic E-state index is 13.0. The van der Waals surface area contributed by atoms with E-state index in [1.165, 1.54) is 11.8 Å². The van der Waals surface area contributed by atoms with Gasteiger partial charge in [0, 0.05) is 11.7 Å². The van der Waals surface area contributed by atoms with E-state index in [4.69, 9.17) is 0 Å². The van der Waals surface area contributed by atoms with E-state index in [1.807, 2.05) is 69.3 Å². The van der Waals surface area contributed by atoms with Gasteiger partial charge in [-0.1, -0.05) is 49.0 Å². The van der Waals surface area contributed by atoms with Crippen LogP contribution in [0, 0.1) is 0 Å². The number of nitrogens with zero attached hydrogens (tertiary/aromatic N) is 2. The van der Waals surface area contributed by atoms with Gasteiger partial charge in [0.1, 0.15) is 0 Å². The number of rotatable bonds is 6. The molecule has 0 bridgehead atoms. The number of aromatic nitrogens is 2. The van der Waals surface area contributed by atoms with E-state index in [9.17, 15) is 9.59 Å². The van der Waals surface area contributed by atoms with Gasteiger partial charge in [0.25, 0.3) is 5.56 Å². The Kier molecular flexibility index (Phi) is 5.96. The molecular weight excluding hydrogens is 358 g/mol. The van der Waals surface area contributed by atoms with Crippen LogP contribution in [0.15, 0.2) is 64.5 Å². The average Bonchev–Trinajstić information content (AvgIpc) is 2.68. The van der Waals surface area contributed by atoms with Crippen molar-refractivity contribution >= 4 is 34.3 Å². The minimum atomic E-state index is -0.395. The van der Waals surface area contributed by atoms with E-state index in [-0.39, 0.29) is 17.5 Å². The molecule has 0 unspecified atom stereocenters. The minimum Gasteiger partial charge on any atom is -0.325 e. The number of thioether (sulfide) groups is 1. The zero-order valence-electron chi connectivity index (χ0n) is 15.7. The van der Waals surface area contributed by atoms with E-state index in [1.54, 1.807) is 10.6 Å². The number of carbonyl (C=O) groups excluding carboxylic acids is 1. The molecule has 0 aliphatic rings. The van der Waals surface area contributed by atoms with Crippen molar-refractivity contribution in [2.75, 3.05) is 5.32 Å². The third kappa shape index (κ3) is 4.22. The van der Waals surface area contributed by atoms with Gasteiger partial charge in [0.2, 0.25) is 5.91 Å². The second-order valence-corrected chi connectivity index (χ2v) is 7.77. The lowest BCUT2D eigenvalue weighted by atomic mass is 10.2. The summed E-state index contributed by atoms with van der Waals surface area (Å²) >= 11 is 1.31. The molecule has 5 nitrogen and oxygen atoms in total. The largest absolute Gasteiger partial charge is 0.325 e. The summed E-state index contributed by atoms with van der Waals surface area (Å²) in [6, 6.07) is 16.7. The van der Waals surface area contributed by atoms with Crippen LogP contribution >= 0.6 is 11.8 Å². The maximum Gasteiger partial charge on any atom is 0.262 e. The summed E-state index contributed by atoms with van der Waals surface area (Å²) in [5.41, 5.74) is 1.34. The Morgan fingerprint density at radius 1 is 1.11 bits per heavy atom. The summed E-state index contributed by atoms with van der Waals surface area (Å²) in [4.78, 5) is 30.3. The van der Waals surface area contributed by atoms with Gasteiger partial charge in [-0.3, -0.25) is 14.2 Å². The summed E-state index contributed by atoms with van der Waals surface area (Å²) < 4.78 is 1.71. The molecule has 0 fully saturated rings. The molecular formula is C21H23N3O2S. The van der Waals surface area contributed by atoms with E-state index < -0.39 is 5.25 Å². The first kappa shape index (κ1) is 19.2. The van der Waals surface area contributed by atoms with Crippen LogP contribution in [-0.2, 0) is 4.79 Å². The molecule has 2 aromatic carbocycles. The molecule has 1 aromatic heterocycles. The zero-order valence-corrected chi connectivity index (χ0v) is 16.5. The third-order valence-corrected chi connectivity index (χ3v) is 5.57. The molecule has 1 amide bonds. The summed E-state index contributed by atoms with van der Waals surface area (Å²) in [6.07, 6.45) is 0.804. The van der Waals surface area contributed by atoms with Gasteiger partial charge in [0.05, 0.1) is 16.2 Å². The number of nitrogens with one attached hydrogen (secondary N) is 1. The van der Waals surface area contributed by atoms with Crippen molar-refractivity contribution in [3.05, 3.63) is 65.0 Å². The van der Waals surface area contributed by atoms with Crippen LogP contribution in [0.1, 0.15) is 33.2 Å². The topological polar surface area (TPSA) is 64.0 Å². The molecule has 3 rings (SSSR count). The second kappa shape index (κ2) is 8.39. The van der Waals surface area contributed by atoms with E-state index in [0.29, 0.717) is 16.1 Å². The highest BCUT2D eigenvalue weighted by Crippen LogP contribution is 2.26. The number of amides is 1. The Balaban J connectivity index is 1.93. The standard InChI is InChI=1S/C21H23N3O2S/c1-4-14(2)24-20(26)17-12-8-9-13-18(17)23-21(24)27-15(3)19(25)22-16-10-6-5-7-11-16/h5-15H,4H2,1-3H3,(H,22,25)/t14-,15+/m0/s1. The monoisotopic (exact) mass is 381 g/mol. The van der Waals surface area contributed by atoms with Gasteiger partial charge >= 0.3 is 0 Å². The first-order chi connectivity index (χ1) is 13.0. The molecule has 6 heteroatoms. The van der Waals surface area contributed by atoms with E-state index >= 15 is 0 Å². The number of carbonyl (C=O) groups is 1. The average molecular weight is 382 g/mol. The number of anilines is 1. The molecule has 0 spiro atoms. The molecule has 0 aliphatic carbocycles. The fourth-order valence-corrected chi connectivity index (χ4v) is 3.77. The van der Waals surface area contributed by atoms with Crippen molar-refractivity contribution in [1.29, 1.82) is 0 Å². The highest BCUT2D eigenvalue weighted by atomic mass is 32.2. The lowest BCUT2D eigenvalue weighted by Crippen LogP contribution is -2.28. The molecule has 0 radical (unpaired) electrons. The molecule has 0 saturated heterocycles. The number of hydrogen-bond donors (Lipinski definition) is 1. The van der Waals surface area contributed by atoms with Crippen LogP contribution < -0.4 is 10.9 Å². The Bertz CT molecular complexity index is 1000. The highest BCUT2D eigenvalue weighted by Gasteiger charge is 2.21. The van der Waals surface area contributed by atoms with Crippen molar-refractivity contribution in [2.45, 2.75) is 43.6 Å². The maximum atomic E-state index is 13.0. The van der Waals surface area contributed by atoms with Gasteiger partial charge < -0.3 is 5.32 Å². The molecule has 140 valence electrons. The number of para-hydroxylation sites is 2. The Labute approximate surface area is 162 Å². The summed E-state index contributed by atoms with van der Waals surface area (Å²) in [6.45, 7) is 5.86. The van der Waals surface area contributed by atoms with Crippen LogP contribution in [0.2, 0.25) is 0 Å². The molecule has 1 heterocycles. The van der Waals surface area contributed by atoms with Crippen LogP contribution in [0.3, 0.4) is 0 Å². The summed E-state index contributed by atoms with van der Waals surface area (Å²) in [5, 5.41) is 3.68. The first-order valence-corrected chi connectivity index (χ1v) is 9.93. The van der Waals surface area contributed by atoms with E-state index in [2.05, 4.69) is 10.3 Å².